The van der Waals surface area contributed by atoms with Gasteiger partial charge in [0.15, 0.2) is 0 Å². The summed E-state index contributed by atoms with van der Waals surface area (Å²) in [4.78, 5) is 25.4. The van der Waals surface area contributed by atoms with Gasteiger partial charge in [0.1, 0.15) is 0 Å². The maximum absolute atomic E-state index is 12.8. The fourth-order valence-corrected chi connectivity index (χ4v) is 2.99. The van der Waals surface area contributed by atoms with Gasteiger partial charge in [-0.05, 0) is 47.9 Å². The molecular formula is C19H18F3N3O3. The summed E-state index contributed by atoms with van der Waals surface area (Å²) in [6, 6.07) is 9.01. The van der Waals surface area contributed by atoms with E-state index in [0.29, 0.717) is 25.2 Å². The van der Waals surface area contributed by atoms with E-state index in [-0.39, 0.29) is 5.69 Å². The number of nitrogens with one attached hydrogen (secondary N) is 2. The molecule has 0 fully saturated rings. The van der Waals surface area contributed by atoms with E-state index < -0.39 is 23.9 Å². The van der Waals surface area contributed by atoms with Crippen LogP contribution in [0.15, 0.2) is 42.5 Å². The Kier molecular flexibility index (Phi) is 5.43. The molecule has 2 N–H and O–H groups in total. The molecule has 3 amide bonds. The summed E-state index contributed by atoms with van der Waals surface area (Å²) in [5.41, 5.74) is 1.58. The van der Waals surface area contributed by atoms with Crippen molar-refractivity contribution in [3.05, 3.63) is 59.2 Å². The molecule has 1 aliphatic rings. The van der Waals surface area contributed by atoms with E-state index in [9.17, 15) is 22.8 Å². The first-order chi connectivity index (χ1) is 13.3. The number of benzene rings is 2. The summed E-state index contributed by atoms with van der Waals surface area (Å²) in [6.45, 7) is 0.898. The molecule has 1 heterocycles. The second kappa shape index (κ2) is 7.79. The summed E-state index contributed by atoms with van der Waals surface area (Å²) < 4.78 is 43.0. The van der Waals surface area contributed by atoms with E-state index in [2.05, 4.69) is 10.6 Å². The Morgan fingerprint density at radius 3 is 2.43 bits per heavy atom. The van der Waals surface area contributed by atoms with Crippen molar-refractivity contribution in [3.63, 3.8) is 0 Å². The van der Waals surface area contributed by atoms with E-state index in [4.69, 9.17) is 4.74 Å². The zero-order chi connectivity index (χ0) is 20.3. The standard InChI is InChI=1S/C19H18F3N3O3/c1-28-18(27)25-8-7-12-5-6-16(9-13(12)11-25)24-17(26)23-15-4-2-3-14(10-15)19(20,21)22/h2-6,9-10H,7-8,11H2,1H3,(H2,23,24,26). The Morgan fingerprint density at radius 2 is 1.75 bits per heavy atom. The number of hydrogen-bond acceptors (Lipinski definition) is 3. The van der Waals surface area contributed by atoms with E-state index in [0.717, 1.165) is 23.3 Å². The minimum Gasteiger partial charge on any atom is -0.453 e. The predicted molar refractivity (Wildman–Crippen MR) is 97.0 cm³/mol. The highest BCUT2D eigenvalue weighted by molar-refractivity contribution is 5.99. The van der Waals surface area contributed by atoms with Gasteiger partial charge >= 0.3 is 18.3 Å². The van der Waals surface area contributed by atoms with Crippen LogP contribution in [-0.4, -0.2) is 30.7 Å². The lowest BCUT2D eigenvalue weighted by molar-refractivity contribution is -0.137. The zero-order valence-electron chi connectivity index (χ0n) is 15.0. The van der Waals surface area contributed by atoms with Gasteiger partial charge in [0.05, 0.1) is 12.7 Å². The first kappa shape index (κ1) is 19.5. The van der Waals surface area contributed by atoms with Crippen molar-refractivity contribution in [1.82, 2.24) is 4.90 Å². The van der Waals surface area contributed by atoms with Crippen molar-refractivity contribution >= 4 is 23.5 Å². The number of carbonyl (C=O) groups excluding carboxylic acids is 2. The molecule has 148 valence electrons. The minimum atomic E-state index is -4.49. The lowest BCUT2D eigenvalue weighted by atomic mass is 9.99. The van der Waals surface area contributed by atoms with Crippen molar-refractivity contribution in [2.75, 3.05) is 24.3 Å². The molecule has 2 aromatic rings. The number of rotatable bonds is 2. The molecule has 2 aromatic carbocycles. The smallest absolute Gasteiger partial charge is 0.416 e. The average Bonchev–Trinajstić information content (AvgIpc) is 2.66. The fraction of sp³-hybridized carbons (Fsp3) is 0.263. The third-order valence-electron chi connectivity index (χ3n) is 4.36. The molecule has 1 aliphatic heterocycles. The molecule has 0 aliphatic carbocycles. The Bertz CT molecular complexity index is 899. The molecule has 0 radical (unpaired) electrons. The van der Waals surface area contributed by atoms with Crippen LogP contribution in [-0.2, 0) is 23.9 Å². The molecule has 0 unspecified atom stereocenters. The second-order valence-corrected chi connectivity index (χ2v) is 6.28. The molecule has 0 saturated carbocycles. The summed E-state index contributed by atoms with van der Waals surface area (Å²) in [6.07, 6.45) is -4.24. The van der Waals surface area contributed by atoms with Crippen LogP contribution >= 0.6 is 0 Å². The lowest BCUT2D eigenvalue weighted by Crippen LogP contribution is -2.35. The van der Waals surface area contributed by atoms with Gasteiger partial charge in [0, 0.05) is 24.5 Å². The highest BCUT2D eigenvalue weighted by atomic mass is 19.4. The number of amides is 3. The van der Waals surface area contributed by atoms with Gasteiger partial charge in [0.2, 0.25) is 0 Å². The van der Waals surface area contributed by atoms with Gasteiger partial charge < -0.3 is 20.3 Å². The van der Waals surface area contributed by atoms with Crippen LogP contribution in [0.25, 0.3) is 0 Å². The molecule has 0 atom stereocenters. The average molecular weight is 393 g/mol. The SMILES string of the molecule is COC(=O)N1CCc2ccc(NC(=O)Nc3cccc(C(F)(F)F)c3)cc2C1. The molecule has 3 rings (SSSR count). The number of alkyl halides is 3. The Balaban J connectivity index is 1.68. The summed E-state index contributed by atoms with van der Waals surface area (Å²) in [5.74, 6) is 0. The number of hydrogen-bond donors (Lipinski definition) is 2. The van der Waals surface area contributed by atoms with Crippen molar-refractivity contribution in [2.45, 2.75) is 19.1 Å². The number of nitrogens with zero attached hydrogens (tertiary/aromatic N) is 1. The maximum atomic E-state index is 12.8. The zero-order valence-corrected chi connectivity index (χ0v) is 15.0. The van der Waals surface area contributed by atoms with Gasteiger partial charge in [0.25, 0.3) is 0 Å². The number of carbonyl (C=O) groups is 2. The topological polar surface area (TPSA) is 70.7 Å². The van der Waals surface area contributed by atoms with Gasteiger partial charge in [-0.2, -0.15) is 13.2 Å². The summed E-state index contributed by atoms with van der Waals surface area (Å²) in [7, 11) is 1.31. The second-order valence-electron chi connectivity index (χ2n) is 6.28. The number of urea groups is 1. The number of fused-ring (bicyclic) bond motifs is 1. The van der Waals surface area contributed by atoms with E-state index in [1.54, 1.807) is 17.0 Å². The van der Waals surface area contributed by atoms with Gasteiger partial charge in [-0.15, -0.1) is 0 Å². The first-order valence-electron chi connectivity index (χ1n) is 8.46. The number of ether oxygens (including phenoxy) is 1. The van der Waals surface area contributed by atoms with Crippen LogP contribution in [0, 0.1) is 0 Å². The normalized spacial score (nSPS) is 13.5. The molecule has 0 bridgehead atoms. The van der Waals surface area contributed by atoms with Crippen LogP contribution in [0.1, 0.15) is 16.7 Å². The van der Waals surface area contributed by atoms with Gasteiger partial charge in [-0.1, -0.05) is 12.1 Å². The van der Waals surface area contributed by atoms with Crippen molar-refractivity contribution in [3.8, 4) is 0 Å². The molecule has 0 saturated heterocycles. The predicted octanol–water partition coefficient (Wildman–Crippen LogP) is 4.47. The maximum Gasteiger partial charge on any atom is 0.416 e. The van der Waals surface area contributed by atoms with E-state index >= 15 is 0 Å². The van der Waals surface area contributed by atoms with E-state index in [1.807, 2.05) is 6.07 Å². The van der Waals surface area contributed by atoms with Crippen LogP contribution in [0.2, 0.25) is 0 Å². The third kappa shape index (κ3) is 4.54. The number of halogens is 3. The largest absolute Gasteiger partial charge is 0.453 e. The fourth-order valence-electron chi connectivity index (χ4n) is 2.99. The minimum absolute atomic E-state index is 0.0298. The van der Waals surface area contributed by atoms with Crippen molar-refractivity contribution in [2.24, 2.45) is 0 Å². The Morgan fingerprint density at radius 1 is 1.04 bits per heavy atom. The summed E-state index contributed by atoms with van der Waals surface area (Å²) >= 11 is 0. The highest BCUT2D eigenvalue weighted by Gasteiger charge is 2.30. The lowest BCUT2D eigenvalue weighted by Gasteiger charge is -2.28. The van der Waals surface area contributed by atoms with Crippen LogP contribution in [0.3, 0.4) is 0 Å². The Hall–Kier alpha value is -3.23. The van der Waals surface area contributed by atoms with Crippen LogP contribution in [0.4, 0.5) is 34.1 Å². The van der Waals surface area contributed by atoms with Gasteiger partial charge in [-0.25, -0.2) is 9.59 Å². The van der Waals surface area contributed by atoms with E-state index in [1.165, 1.54) is 19.2 Å². The quantitative estimate of drug-likeness (QED) is 0.791. The molecule has 0 spiro atoms. The molecule has 0 aromatic heterocycles. The molecule has 9 heteroatoms. The van der Waals surface area contributed by atoms with Crippen LogP contribution in [0.5, 0.6) is 0 Å². The molecular weight excluding hydrogens is 375 g/mol. The molecule has 28 heavy (non-hydrogen) atoms. The number of anilines is 2. The first-order valence-corrected chi connectivity index (χ1v) is 8.46. The highest BCUT2D eigenvalue weighted by Crippen LogP contribution is 2.30. The monoisotopic (exact) mass is 393 g/mol. The van der Waals surface area contributed by atoms with Crippen molar-refractivity contribution in [1.29, 1.82) is 0 Å². The Labute approximate surface area is 159 Å². The third-order valence-corrected chi connectivity index (χ3v) is 4.36. The molecule has 6 nitrogen and oxygen atoms in total. The van der Waals surface area contributed by atoms with Crippen LogP contribution < -0.4 is 10.6 Å². The number of methoxy groups -OCH3 is 1. The van der Waals surface area contributed by atoms with Gasteiger partial charge in [-0.3, -0.25) is 0 Å². The summed E-state index contributed by atoms with van der Waals surface area (Å²) in [5, 5.41) is 4.98. The van der Waals surface area contributed by atoms with Crippen molar-refractivity contribution < 1.29 is 27.5 Å².